The van der Waals surface area contributed by atoms with Gasteiger partial charge in [0.25, 0.3) is 0 Å². The number of benzene rings is 2. The minimum Gasteiger partial charge on any atom is -0.445 e. The first kappa shape index (κ1) is 24.7. The highest BCUT2D eigenvalue weighted by molar-refractivity contribution is 6.28. The van der Waals surface area contributed by atoms with Crippen molar-refractivity contribution in [3.63, 3.8) is 0 Å². The molecule has 0 saturated carbocycles. The van der Waals surface area contributed by atoms with E-state index in [4.69, 9.17) is 16.3 Å². The van der Waals surface area contributed by atoms with Crippen molar-refractivity contribution >= 4 is 23.5 Å². The van der Waals surface area contributed by atoms with Gasteiger partial charge in [-0.2, -0.15) is 5.26 Å². The van der Waals surface area contributed by atoms with Crippen LogP contribution in [0.4, 0.5) is 10.6 Å². The third-order valence-electron chi connectivity index (χ3n) is 7.85. The number of aromatic nitrogens is 2. The van der Waals surface area contributed by atoms with E-state index in [0.717, 1.165) is 48.6 Å². The van der Waals surface area contributed by atoms with Gasteiger partial charge in [0.05, 0.1) is 24.2 Å². The number of rotatable bonds is 5. The average molecular weight is 529 g/mol. The number of hydrogen-bond donors (Lipinski definition) is 0. The highest BCUT2D eigenvalue weighted by atomic mass is 35.5. The van der Waals surface area contributed by atoms with E-state index in [1.54, 1.807) is 4.90 Å². The first-order chi connectivity index (χ1) is 18.6. The predicted octanol–water partition coefficient (Wildman–Crippen LogP) is 4.87. The van der Waals surface area contributed by atoms with Gasteiger partial charge in [0, 0.05) is 44.3 Å². The summed E-state index contributed by atoms with van der Waals surface area (Å²) in [5.74, 6) is 0.814. The van der Waals surface area contributed by atoms with Gasteiger partial charge in [-0.25, -0.2) is 14.8 Å². The van der Waals surface area contributed by atoms with Gasteiger partial charge in [0.15, 0.2) is 0 Å². The van der Waals surface area contributed by atoms with Crippen LogP contribution in [0.25, 0.3) is 0 Å². The Morgan fingerprint density at radius 1 is 1.08 bits per heavy atom. The lowest BCUT2D eigenvalue weighted by atomic mass is 10.1. The van der Waals surface area contributed by atoms with E-state index in [2.05, 4.69) is 50.1 Å². The quantitative estimate of drug-likeness (QED) is 0.436. The van der Waals surface area contributed by atoms with Crippen LogP contribution in [-0.4, -0.2) is 51.5 Å². The number of anilines is 1. The number of halogens is 1. The second kappa shape index (κ2) is 10.6. The number of carbonyl (C=O) groups excluding carboxylic acids is 1. The Labute approximate surface area is 227 Å². The Balaban J connectivity index is 1.18. The summed E-state index contributed by atoms with van der Waals surface area (Å²) in [6.45, 7) is 3.19. The molecule has 1 amide bonds. The lowest BCUT2D eigenvalue weighted by Gasteiger charge is -2.41. The summed E-state index contributed by atoms with van der Waals surface area (Å²) >= 11 is 6.41. The maximum atomic E-state index is 13.0. The molecule has 0 N–H and O–H groups in total. The molecular formula is C29H29ClN6O2. The third kappa shape index (κ3) is 4.80. The number of carbonyl (C=O) groups is 1. The fourth-order valence-electron chi connectivity index (χ4n) is 6.00. The molecule has 3 aliphatic rings. The second-order valence-corrected chi connectivity index (χ2v) is 10.4. The van der Waals surface area contributed by atoms with Crippen molar-refractivity contribution in [1.82, 2.24) is 19.8 Å². The summed E-state index contributed by atoms with van der Waals surface area (Å²) in [5, 5.41) is 9.75. The maximum absolute atomic E-state index is 13.0. The van der Waals surface area contributed by atoms with Gasteiger partial charge in [-0.1, -0.05) is 54.6 Å². The van der Waals surface area contributed by atoms with Crippen molar-refractivity contribution in [1.29, 1.82) is 5.26 Å². The highest BCUT2D eigenvalue weighted by Gasteiger charge is 2.37. The monoisotopic (exact) mass is 528 g/mol. The summed E-state index contributed by atoms with van der Waals surface area (Å²) in [6.07, 6.45) is 2.00. The molecule has 1 saturated heterocycles. The summed E-state index contributed by atoms with van der Waals surface area (Å²) in [7, 11) is 0. The molecule has 3 heterocycles. The van der Waals surface area contributed by atoms with Crippen LogP contribution in [0.1, 0.15) is 46.8 Å². The van der Waals surface area contributed by atoms with E-state index in [1.165, 1.54) is 11.1 Å². The van der Waals surface area contributed by atoms with Crippen molar-refractivity contribution in [3.8, 4) is 6.07 Å². The Kier molecular flexibility index (Phi) is 6.88. The molecule has 1 aromatic heterocycles. The number of fused-ring (bicyclic) bond motifs is 2. The molecule has 0 spiro atoms. The van der Waals surface area contributed by atoms with Gasteiger partial charge in [0.1, 0.15) is 12.4 Å². The van der Waals surface area contributed by atoms with E-state index in [0.29, 0.717) is 25.7 Å². The van der Waals surface area contributed by atoms with Crippen molar-refractivity contribution in [2.45, 2.75) is 51.0 Å². The second-order valence-electron chi connectivity index (χ2n) is 10.1. The normalized spacial score (nSPS) is 20.6. The zero-order valence-corrected chi connectivity index (χ0v) is 21.8. The summed E-state index contributed by atoms with van der Waals surface area (Å²) in [6, 6.07) is 20.6. The summed E-state index contributed by atoms with van der Waals surface area (Å²) in [5.41, 5.74) is 5.81. The van der Waals surface area contributed by atoms with Crippen molar-refractivity contribution in [2.75, 3.05) is 24.5 Å². The minimum atomic E-state index is -0.397. The van der Waals surface area contributed by atoms with Gasteiger partial charge >= 0.3 is 6.09 Å². The predicted molar refractivity (Wildman–Crippen MR) is 143 cm³/mol. The van der Waals surface area contributed by atoms with Crippen LogP contribution >= 0.6 is 11.6 Å². The molecule has 2 aliphatic heterocycles. The Hall–Kier alpha value is -3.67. The molecule has 1 aliphatic carbocycles. The first-order valence-corrected chi connectivity index (χ1v) is 13.4. The number of nitriles is 1. The summed E-state index contributed by atoms with van der Waals surface area (Å²) < 4.78 is 5.58. The van der Waals surface area contributed by atoms with Crippen LogP contribution in [0, 0.1) is 11.3 Å². The largest absolute Gasteiger partial charge is 0.445 e. The SMILES string of the molecule is N#CC[C@H]1CN(c2nc(Cl)nc3c2CN(C2CCc4ccccc42)C3)CCN1C(=O)OCc1ccccc1. The van der Waals surface area contributed by atoms with Crippen molar-refractivity contribution in [3.05, 3.63) is 87.8 Å². The Morgan fingerprint density at radius 2 is 1.89 bits per heavy atom. The lowest BCUT2D eigenvalue weighted by Crippen LogP contribution is -2.55. The average Bonchev–Trinajstić information content (AvgIpc) is 3.56. The number of nitrogens with zero attached hydrogens (tertiary/aromatic N) is 6. The Bertz CT molecular complexity index is 1380. The van der Waals surface area contributed by atoms with Gasteiger partial charge < -0.3 is 14.5 Å². The molecule has 1 unspecified atom stereocenters. The molecule has 6 rings (SSSR count). The number of hydrogen-bond acceptors (Lipinski definition) is 7. The van der Waals surface area contributed by atoms with Gasteiger partial charge in [-0.3, -0.25) is 4.90 Å². The molecule has 0 radical (unpaired) electrons. The Morgan fingerprint density at radius 3 is 2.74 bits per heavy atom. The van der Waals surface area contributed by atoms with Crippen LogP contribution in [0.5, 0.6) is 0 Å². The van der Waals surface area contributed by atoms with Crippen LogP contribution < -0.4 is 4.90 Å². The molecule has 9 heteroatoms. The molecule has 194 valence electrons. The maximum Gasteiger partial charge on any atom is 0.410 e. The molecule has 0 bridgehead atoms. The van der Waals surface area contributed by atoms with E-state index in [1.807, 2.05) is 30.3 Å². The van der Waals surface area contributed by atoms with Crippen molar-refractivity contribution < 1.29 is 9.53 Å². The highest BCUT2D eigenvalue weighted by Crippen LogP contribution is 2.41. The van der Waals surface area contributed by atoms with Crippen LogP contribution in [0.15, 0.2) is 54.6 Å². The molecule has 38 heavy (non-hydrogen) atoms. The van der Waals surface area contributed by atoms with Gasteiger partial charge in [-0.15, -0.1) is 0 Å². The number of aryl methyl sites for hydroxylation is 1. The third-order valence-corrected chi connectivity index (χ3v) is 8.02. The number of amides is 1. The number of ether oxygens (including phenoxy) is 1. The molecule has 3 aromatic rings. The van der Waals surface area contributed by atoms with Crippen LogP contribution in [0.3, 0.4) is 0 Å². The molecule has 2 atom stereocenters. The standard InChI is InChI=1S/C29H29ClN6O2/c30-28-32-25-18-35(26-11-10-21-8-4-5-9-23(21)26)17-24(25)27(33-28)34-14-15-36(22(16-34)12-13-31)29(37)38-19-20-6-2-1-3-7-20/h1-9,22,26H,10-12,14-19H2/t22-,26?/m0/s1. The zero-order chi connectivity index (χ0) is 26.1. The minimum absolute atomic E-state index is 0.203. The molecule has 8 nitrogen and oxygen atoms in total. The number of piperazine rings is 1. The topological polar surface area (TPSA) is 85.6 Å². The fraction of sp³-hybridized carbons (Fsp3) is 0.379. The van der Waals surface area contributed by atoms with Crippen molar-refractivity contribution in [2.24, 2.45) is 0 Å². The molecule has 1 fully saturated rings. The van der Waals surface area contributed by atoms with Crippen LogP contribution in [0.2, 0.25) is 5.28 Å². The van der Waals surface area contributed by atoms with E-state index in [9.17, 15) is 10.1 Å². The smallest absolute Gasteiger partial charge is 0.410 e. The van der Waals surface area contributed by atoms with E-state index >= 15 is 0 Å². The van der Waals surface area contributed by atoms with Gasteiger partial charge in [-0.05, 0) is 41.1 Å². The molecule has 2 aromatic carbocycles. The summed E-state index contributed by atoms with van der Waals surface area (Å²) in [4.78, 5) is 28.5. The van der Waals surface area contributed by atoms with E-state index in [-0.39, 0.29) is 24.4 Å². The fourth-order valence-corrected chi connectivity index (χ4v) is 6.18. The van der Waals surface area contributed by atoms with E-state index < -0.39 is 6.09 Å². The van der Waals surface area contributed by atoms with Gasteiger partial charge in [0.2, 0.25) is 5.28 Å². The van der Waals surface area contributed by atoms with Crippen LogP contribution in [-0.2, 0) is 30.9 Å². The zero-order valence-electron chi connectivity index (χ0n) is 21.1. The lowest BCUT2D eigenvalue weighted by molar-refractivity contribution is 0.0768. The molecular weight excluding hydrogens is 500 g/mol. The first-order valence-electron chi connectivity index (χ1n) is 13.1.